The van der Waals surface area contributed by atoms with Crippen molar-refractivity contribution in [1.29, 1.82) is 0 Å². The lowest BCUT2D eigenvalue weighted by Crippen LogP contribution is -2.58. The lowest BCUT2D eigenvalue weighted by atomic mass is 9.73. The van der Waals surface area contributed by atoms with Crippen molar-refractivity contribution in [2.24, 2.45) is 0 Å². The second-order valence-electron chi connectivity index (χ2n) is 11.4. The van der Waals surface area contributed by atoms with Gasteiger partial charge in [-0.3, -0.25) is 0 Å². The zero-order valence-electron chi connectivity index (χ0n) is 21.8. The number of fused-ring (bicyclic) bond motifs is 1. The standard InChI is InChI=1S/C30H48N3O/c1-2-3-4-5-6-7-8-9-10-11-24-34-28-16-14-27(15-17-28)25-29-18-12-19-30(33(29)31)21-23-32(26-30)22-13-20-29/h14-17,26H,2-13,18-25H2,1H3/q+1. The second kappa shape index (κ2) is 12.3. The van der Waals surface area contributed by atoms with Gasteiger partial charge in [0.05, 0.1) is 13.0 Å². The summed E-state index contributed by atoms with van der Waals surface area (Å²) in [6.07, 6.45) is 23.5. The SMILES string of the molecule is CCCCCCCCCCCCOc1ccc(CC23CCC[N+]4=CC(CCC2)(CC4)[N+]3=[N-])cc1. The zero-order valence-corrected chi connectivity index (χ0v) is 21.8. The first-order chi connectivity index (χ1) is 16.7. The lowest BCUT2D eigenvalue weighted by Gasteiger charge is -2.44. The van der Waals surface area contributed by atoms with Gasteiger partial charge in [-0.1, -0.05) is 76.8 Å². The van der Waals surface area contributed by atoms with Crippen molar-refractivity contribution in [2.45, 2.75) is 127 Å². The molecule has 0 saturated carbocycles. The summed E-state index contributed by atoms with van der Waals surface area (Å²) in [7, 11) is 0. The smallest absolute Gasteiger partial charge is 0.233 e. The summed E-state index contributed by atoms with van der Waals surface area (Å²) >= 11 is 0. The number of piperidine rings is 1. The van der Waals surface area contributed by atoms with E-state index in [1.165, 1.54) is 69.8 Å². The van der Waals surface area contributed by atoms with Crippen LogP contribution in [0.2, 0.25) is 0 Å². The van der Waals surface area contributed by atoms with Gasteiger partial charge in [0.25, 0.3) is 0 Å². The van der Waals surface area contributed by atoms with Crippen molar-refractivity contribution in [3.8, 4) is 5.75 Å². The summed E-state index contributed by atoms with van der Waals surface area (Å²) in [5, 5.41) is 0. The number of hydrogen-bond acceptors (Lipinski definition) is 1. The van der Waals surface area contributed by atoms with Gasteiger partial charge >= 0.3 is 0 Å². The van der Waals surface area contributed by atoms with Crippen molar-refractivity contribution >= 4 is 6.21 Å². The van der Waals surface area contributed by atoms with Crippen LogP contribution in [-0.2, 0) is 6.42 Å². The summed E-state index contributed by atoms with van der Waals surface area (Å²) < 4.78 is 10.3. The highest BCUT2D eigenvalue weighted by atomic mass is 16.5. The second-order valence-corrected chi connectivity index (χ2v) is 11.4. The van der Waals surface area contributed by atoms with Crippen molar-refractivity contribution in [2.75, 3.05) is 19.7 Å². The highest BCUT2D eigenvalue weighted by Crippen LogP contribution is 2.43. The van der Waals surface area contributed by atoms with E-state index in [4.69, 9.17) is 4.74 Å². The Morgan fingerprint density at radius 1 is 0.794 bits per heavy atom. The van der Waals surface area contributed by atoms with Gasteiger partial charge in [-0.05, 0) is 30.5 Å². The Morgan fingerprint density at radius 2 is 1.47 bits per heavy atom. The van der Waals surface area contributed by atoms with Gasteiger partial charge < -0.3 is 15.0 Å². The van der Waals surface area contributed by atoms with Crippen molar-refractivity contribution in [3.05, 3.63) is 35.4 Å². The number of hydrogen-bond donors (Lipinski definition) is 0. The molecular weight excluding hydrogens is 418 g/mol. The predicted molar refractivity (Wildman–Crippen MR) is 140 cm³/mol. The van der Waals surface area contributed by atoms with Gasteiger partial charge in [-0.2, -0.15) is 0 Å². The Morgan fingerprint density at radius 3 is 2.21 bits per heavy atom. The maximum Gasteiger partial charge on any atom is 0.233 e. The van der Waals surface area contributed by atoms with Crippen LogP contribution in [0.1, 0.15) is 115 Å². The molecule has 1 spiro atoms. The molecule has 3 aliphatic rings. The van der Waals surface area contributed by atoms with Crippen LogP contribution in [0.15, 0.2) is 24.3 Å². The highest BCUT2D eigenvalue weighted by molar-refractivity contribution is 5.65. The molecule has 3 bridgehead atoms. The maximum atomic E-state index is 11.5. The topological polar surface area (TPSA) is 37.5 Å². The molecule has 1 fully saturated rings. The molecule has 188 valence electrons. The van der Waals surface area contributed by atoms with Crippen LogP contribution in [0.25, 0.3) is 5.53 Å². The molecule has 0 radical (unpaired) electrons. The third-order valence-electron chi connectivity index (χ3n) is 8.69. The van der Waals surface area contributed by atoms with Crippen LogP contribution < -0.4 is 4.74 Å². The summed E-state index contributed by atoms with van der Waals surface area (Å²) in [6, 6.07) is 8.71. The average molecular weight is 467 g/mol. The van der Waals surface area contributed by atoms with E-state index in [0.29, 0.717) is 0 Å². The Hall–Kier alpha value is -1.71. The maximum absolute atomic E-state index is 11.5. The first-order valence-electron chi connectivity index (χ1n) is 14.5. The van der Waals surface area contributed by atoms with E-state index in [1.54, 1.807) is 4.70 Å². The summed E-state index contributed by atoms with van der Waals surface area (Å²) in [4.78, 5) is 0. The molecule has 4 nitrogen and oxygen atoms in total. The molecule has 0 amide bonds. The molecule has 1 aromatic carbocycles. The fraction of sp³-hybridized carbons (Fsp3) is 0.767. The van der Waals surface area contributed by atoms with Crippen molar-refractivity contribution < 1.29 is 14.0 Å². The van der Waals surface area contributed by atoms with Crippen molar-refractivity contribution in [3.63, 3.8) is 0 Å². The van der Waals surface area contributed by atoms with Crippen LogP contribution in [0.3, 0.4) is 0 Å². The number of ether oxygens (including phenoxy) is 1. The van der Waals surface area contributed by atoms with E-state index in [1.807, 2.05) is 0 Å². The van der Waals surface area contributed by atoms with Gasteiger partial charge in [0, 0.05) is 32.1 Å². The number of unbranched alkanes of at least 4 members (excludes halogenated alkanes) is 9. The van der Waals surface area contributed by atoms with E-state index in [9.17, 15) is 5.53 Å². The predicted octanol–water partition coefficient (Wildman–Crippen LogP) is 7.51. The Balaban J connectivity index is 1.18. The molecule has 1 saturated heterocycles. The minimum atomic E-state index is -0.128. The summed E-state index contributed by atoms with van der Waals surface area (Å²) in [5.41, 5.74) is 12.5. The van der Waals surface area contributed by atoms with Crippen LogP contribution >= 0.6 is 0 Å². The molecular formula is C30H48N3O+. The molecule has 0 aliphatic carbocycles. The van der Waals surface area contributed by atoms with Gasteiger partial charge in [0.15, 0.2) is 5.54 Å². The molecule has 34 heavy (non-hydrogen) atoms. The Kier molecular flexibility index (Phi) is 9.19. The monoisotopic (exact) mass is 466 g/mol. The normalized spacial score (nSPS) is 26.1. The fourth-order valence-corrected chi connectivity index (χ4v) is 6.70. The summed E-state index contributed by atoms with van der Waals surface area (Å²) in [5.74, 6) is 0.982. The molecule has 2 unspecified atom stereocenters. The van der Waals surface area contributed by atoms with Gasteiger partial charge in [0.1, 0.15) is 18.8 Å². The van der Waals surface area contributed by atoms with Gasteiger partial charge in [0.2, 0.25) is 11.8 Å². The number of nitrogens with zero attached hydrogens (tertiary/aromatic N) is 3. The quantitative estimate of drug-likeness (QED) is 0.206. The van der Waals surface area contributed by atoms with E-state index < -0.39 is 0 Å². The van der Waals surface area contributed by atoms with E-state index in [-0.39, 0.29) is 11.1 Å². The molecule has 3 heterocycles. The number of rotatable bonds is 14. The van der Waals surface area contributed by atoms with Crippen LogP contribution in [0.5, 0.6) is 5.75 Å². The molecule has 3 aliphatic heterocycles. The zero-order chi connectivity index (χ0) is 23.7. The van der Waals surface area contributed by atoms with E-state index in [2.05, 4.69) is 42.0 Å². The van der Waals surface area contributed by atoms with Crippen molar-refractivity contribution in [1.82, 2.24) is 0 Å². The Labute approximate surface area is 208 Å². The van der Waals surface area contributed by atoms with Crippen LogP contribution in [0, 0.1) is 0 Å². The average Bonchev–Trinajstić information content (AvgIpc) is 3.26. The van der Waals surface area contributed by atoms with Crippen LogP contribution in [-0.4, -0.2) is 46.3 Å². The van der Waals surface area contributed by atoms with Crippen LogP contribution in [0.4, 0.5) is 0 Å². The first kappa shape index (κ1) is 25.4. The third kappa shape index (κ3) is 6.29. The van der Waals surface area contributed by atoms with E-state index >= 15 is 0 Å². The minimum Gasteiger partial charge on any atom is -0.505 e. The van der Waals surface area contributed by atoms with E-state index in [0.717, 1.165) is 70.4 Å². The molecule has 4 rings (SSSR count). The molecule has 4 heteroatoms. The van der Waals surface area contributed by atoms with Gasteiger partial charge in [-0.15, -0.1) is 0 Å². The molecule has 0 aromatic heterocycles. The third-order valence-corrected chi connectivity index (χ3v) is 8.69. The van der Waals surface area contributed by atoms with Gasteiger partial charge in [-0.25, -0.2) is 4.58 Å². The lowest BCUT2D eigenvalue weighted by molar-refractivity contribution is -0.690. The number of benzene rings is 1. The largest absolute Gasteiger partial charge is 0.505 e. The highest BCUT2D eigenvalue weighted by Gasteiger charge is 2.57. The fourth-order valence-electron chi connectivity index (χ4n) is 6.70. The minimum absolute atomic E-state index is 0.121. The Bertz CT molecular complexity index is 817. The first-order valence-corrected chi connectivity index (χ1v) is 14.5. The molecule has 2 atom stereocenters. The molecule has 0 N–H and O–H groups in total. The molecule has 1 aromatic rings. The summed E-state index contributed by atoms with van der Waals surface area (Å²) in [6.45, 7) is 5.34.